The molecule has 2 aromatic carbocycles. The maximum Gasteiger partial charge on any atom is 0.308 e. The second-order valence-corrected chi connectivity index (χ2v) is 4.89. The minimum Gasteiger partial charge on any atom is -0.427 e. The van der Waals surface area contributed by atoms with E-state index in [4.69, 9.17) is 4.74 Å². The van der Waals surface area contributed by atoms with Gasteiger partial charge < -0.3 is 10.1 Å². The topological polar surface area (TPSA) is 55.4 Å². The molecular weight excluding hydrogens is 266 g/mol. The summed E-state index contributed by atoms with van der Waals surface area (Å²) < 4.78 is 5.00. The summed E-state index contributed by atoms with van der Waals surface area (Å²) in [5.74, 6) is -0.0717. The molecule has 0 fully saturated rings. The summed E-state index contributed by atoms with van der Waals surface area (Å²) in [5.41, 5.74) is 3.23. The van der Waals surface area contributed by atoms with Gasteiger partial charge in [0.15, 0.2) is 0 Å². The molecule has 0 aromatic heterocycles. The average molecular weight is 283 g/mol. The van der Waals surface area contributed by atoms with Crippen molar-refractivity contribution in [3.8, 4) is 5.75 Å². The van der Waals surface area contributed by atoms with Crippen LogP contribution in [0, 0.1) is 13.8 Å². The maximum atomic E-state index is 12.1. The van der Waals surface area contributed by atoms with Crippen molar-refractivity contribution < 1.29 is 14.3 Å². The van der Waals surface area contributed by atoms with E-state index < -0.39 is 0 Å². The molecule has 0 spiro atoms. The van der Waals surface area contributed by atoms with Gasteiger partial charge in [-0.2, -0.15) is 0 Å². The van der Waals surface area contributed by atoms with Crippen LogP contribution in [-0.2, 0) is 4.79 Å². The highest BCUT2D eigenvalue weighted by atomic mass is 16.5. The molecule has 1 amide bonds. The van der Waals surface area contributed by atoms with Gasteiger partial charge >= 0.3 is 5.97 Å². The molecular formula is C17H17NO3. The molecule has 0 aliphatic rings. The van der Waals surface area contributed by atoms with Gasteiger partial charge in [-0.1, -0.05) is 17.7 Å². The highest BCUT2D eigenvalue weighted by Gasteiger charge is 2.08. The summed E-state index contributed by atoms with van der Waals surface area (Å²) >= 11 is 0. The van der Waals surface area contributed by atoms with Crippen LogP contribution < -0.4 is 10.1 Å². The van der Waals surface area contributed by atoms with Crippen LogP contribution >= 0.6 is 0 Å². The largest absolute Gasteiger partial charge is 0.427 e. The van der Waals surface area contributed by atoms with E-state index in [1.807, 2.05) is 26.0 Å². The third-order valence-electron chi connectivity index (χ3n) is 3.02. The Bertz CT molecular complexity index is 675. The van der Waals surface area contributed by atoms with Crippen LogP contribution in [0.2, 0.25) is 0 Å². The van der Waals surface area contributed by atoms with Gasteiger partial charge in [-0.25, -0.2) is 0 Å². The van der Waals surface area contributed by atoms with E-state index in [9.17, 15) is 9.59 Å². The first-order chi connectivity index (χ1) is 9.95. The zero-order chi connectivity index (χ0) is 15.4. The van der Waals surface area contributed by atoms with E-state index in [-0.39, 0.29) is 11.9 Å². The van der Waals surface area contributed by atoms with Gasteiger partial charge in [0, 0.05) is 18.2 Å². The lowest BCUT2D eigenvalue weighted by atomic mass is 10.1. The van der Waals surface area contributed by atoms with E-state index in [2.05, 4.69) is 5.32 Å². The minimum absolute atomic E-state index is 0.168. The minimum atomic E-state index is -0.370. The molecule has 0 unspecified atom stereocenters. The highest BCUT2D eigenvalue weighted by Crippen LogP contribution is 2.22. The van der Waals surface area contributed by atoms with E-state index >= 15 is 0 Å². The lowest BCUT2D eigenvalue weighted by molar-refractivity contribution is -0.131. The number of nitrogens with one attached hydrogen (secondary N) is 1. The van der Waals surface area contributed by atoms with Crippen LogP contribution in [0.15, 0.2) is 42.5 Å². The number of hydrogen-bond donors (Lipinski definition) is 1. The molecule has 0 aliphatic heterocycles. The normalized spacial score (nSPS) is 10.0. The fourth-order valence-corrected chi connectivity index (χ4v) is 1.91. The molecule has 21 heavy (non-hydrogen) atoms. The number of rotatable bonds is 3. The number of esters is 1. The van der Waals surface area contributed by atoms with Crippen LogP contribution in [0.1, 0.15) is 28.4 Å². The first-order valence-corrected chi connectivity index (χ1v) is 6.63. The quantitative estimate of drug-likeness (QED) is 0.693. The second-order valence-electron chi connectivity index (χ2n) is 4.89. The van der Waals surface area contributed by atoms with Gasteiger partial charge in [0.25, 0.3) is 5.91 Å². The second kappa shape index (κ2) is 6.22. The number of hydrogen-bond acceptors (Lipinski definition) is 3. The number of ether oxygens (including phenoxy) is 1. The van der Waals surface area contributed by atoms with Gasteiger partial charge in [0.2, 0.25) is 0 Å². The van der Waals surface area contributed by atoms with Gasteiger partial charge in [0.1, 0.15) is 5.75 Å². The van der Waals surface area contributed by atoms with E-state index in [0.29, 0.717) is 17.0 Å². The van der Waals surface area contributed by atoms with Gasteiger partial charge in [-0.3, -0.25) is 9.59 Å². The van der Waals surface area contributed by atoms with Crippen molar-refractivity contribution >= 4 is 17.6 Å². The van der Waals surface area contributed by atoms with Crippen molar-refractivity contribution in [1.29, 1.82) is 0 Å². The van der Waals surface area contributed by atoms with Gasteiger partial charge in [0.05, 0.1) is 0 Å². The number of carbonyl (C=O) groups is 2. The summed E-state index contributed by atoms with van der Waals surface area (Å²) in [6.07, 6.45) is 0. The number of carbonyl (C=O) groups excluding carboxylic acids is 2. The third-order valence-corrected chi connectivity index (χ3v) is 3.02. The predicted molar refractivity (Wildman–Crippen MR) is 81.6 cm³/mol. The molecule has 0 saturated carbocycles. The van der Waals surface area contributed by atoms with Gasteiger partial charge in [-0.05, 0) is 49.7 Å². The fraction of sp³-hybridized carbons (Fsp3) is 0.176. The van der Waals surface area contributed by atoms with Crippen molar-refractivity contribution in [1.82, 2.24) is 0 Å². The van der Waals surface area contributed by atoms with Crippen molar-refractivity contribution in [3.63, 3.8) is 0 Å². The Balaban J connectivity index is 2.14. The van der Waals surface area contributed by atoms with Crippen molar-refractivity contribution in [2.45, 2.75) is 20.8 Å². The Hall–Kier alpha value is -2.62. The molecule has 108 valence electrons. The molecule has 2 rings (SSSR count). The van der Waals surface area contributed by atoms with E-state index in [1.54, 1.807) is 30.3 Å². The molecule has 0 atom stereocenters. The number of amides is 1. The molecule has 0 radical (unpaired) electrons. The highest BCUT2D eigenvalue weighted by molar-refractivity contribution is 6.04. The lowest BCUT2D eigenvalue weighted by Gasteiger charge is -2.10. The molecule has 4 nitrogen and oxygen atoms in total. The molecule has 1 N–H and O–H groups in total. The summed E-state index contributed by atoms with van der Waals surface area (Å²) in [4.78, 5) is 23.1. The average Bonchev–Trinajstić information content (AvgIpc) is 2.42. The first kappa shape index (κ1) is 14.8. The van der Waals surface area contributed by atoms with Crippen molar-refractivity contribution in [3.05, 3.63) is 59.2 Å². The Labute approximate surface area is 123 Å². The molecule has 0 heterocycles. The molecule has 0 saturated heterocycles. The predicted octanol–water partition coefficient (Wildman–Crippen LogP) is 3.48. The monoisotopic (exact) mass is 283 g/mol. The third kappa shape index (κ3) is 3.92. The summed E-state index contributed by atoms with van der Waals surface area (Å²) in [5, 5.41) is 2.85. The number of aryl methyl sites for hydroxylation is 2. The Morgan fingerprint density at radius 3 is 2.24 bits per heavy atom. The maximum absolute atomic E-state index is 12.1. The van der Waals surface area contributed by atoms with Crippen LogP contribution in [0.3, 0.4) is 0 Å². The zero-order valence-corrected chi connectivity index (χ0v) is 12.3. The summed E-state index contributed by atoms with van der Waals surface area (Å²) in [7, 11) is 0. The van der Waals surface area contributed by atoms with Crippen LogP contribution in [0.5, 0.6) is 5.75 Å². The molecule has 0 bridgehead atoms. The Kier molecular flexibility index (Phi) is 4.38. The Morgan fingerprint density at radius 2 is 1.67 bits per heavy atom. The van der Waals surface area contributed by atoms with Gasteiger partial charge in [-0.15, -0.1) is 0 Å². The smallest absolute Gasteiger partial charge is 0.308 e. The lowest BCUT2D eigenvalue weighted by Crippen LogP contribution is -2.12. The summed E-state index contributed by atoms with van der Waals surface area (Å²) in [6.45, 7) is 5.17. The van der Waals surface area contributed by atoms with Crippen molar-refractivity contribution in [2.24, 2.45) is 0 Å². The molecule has 2 aromatic rings. The van der Waals surface area contributed by atoms with E-state index in [1.165, 1.54) is 6.92 Å². The standard InChI is InChI=1S/C17H17NO3/c1-11-4-6-14(7-5-11)17(20)18-16-9-8-15(10-12(16)2)21-13(3)19/h4-10H,1-3H3,(H,18,20). The van der Waals surface area contributed by atoms with E-state index in [0.717, 1.165) is 11.1 Å². The fourth-order valence-electron chi connectivity index (χ4n) is 1.91. The molecule has 0 aliphatic carbocycles. The SMILES string of the molecule is CC(=O)Oc1ccc(NC(=O)c2ccc(C)cc2)c(C)c1. The Morgan fingerprint density at radius 1 is 1.00 bits per heavy atom. The van der Waals surface area contributed by atoms with Crippen molar-refractivity contribution in [2.75, 3.05) is 5.32 Å². The van der Waals surface area contributed by atoms with Crippen LogP contribution in [-0.4, -0.2) is 11.9 Å². The number of anilines is 1. The first-order valence-electron chi connectivity index (χ1n) is 6.63. The van der Waals surface area contributed by atoms with Crippen LogP contribution in [0.4, 0.5) is 5.69 Å². The van der Waals surface area contributed by atoms with Crippen LogP contribution in [0.25, 0.3) is 0 Å². The zero-order valence-electron chi connectivity index (χ0n) is 12.3. The number of benzene rings is 2. The summed E-state index contributed by atoms with van der Waals surface area (Å²) in [6, 6.07) is 12.4. The molecule has 4 heteroatoms.